The van der Waals surface area contributed by atoms with Gasteiger partial charge in [-0.15, -0.1) is 0 Å². The summed E-state index contributed by atoms with van der Waals surface area (Å²) in [6.07, 6.45) is 0. The number of hydrogen-bond donors (Lipinski definition) is 1. The third-order valence-corrected chi connectivity index (χ3v) is 3.39. The normalized spacial score (nSPS) is 13.2. The molecule has 1 unspecified atom stereocenters. The summed E-state index contributed by atoms with van der Waals surface area (Å²) >= 11 is 0. The molecule has 0 aromatic heterocycles. The third-order valence-electron chi connectivity index (χ3n) is 2.51. The van der Waals surface area contributed by atoms with Gasteiger partial charge in [0.15, 0.2) is 0 Å². The maximum absolute atomic E-state index is 11.8. The number of nitrogens with zero attached hydrogens (tertiary/aromatic N) is 1. The predicted molar refractivity (Wildman–Crippen MR) is 75.4 cm³/mol. The molecule has 0 aliphatic heterocycles. The summed E-state index contributed by atoms with van der Waals surface area (Å²) in [5, 5.41) is 10.5. The van der Waals surface area contributed by atoms with Crippen molar-refractivity contribution in [2.75, 3.05) is 0 Å². The van der Waals surface area contributed by atoms with Crippen molar-refractivity contribution < 1.29 is 23.4 Å². The molecular weight excluding hydrogens is 297 g/mol. The lowest BCUT2D eigenvalue weighted by Gasteiger charge is -2.13. The van der Waals surface area contributed by atoms with E-state index in [0.29, 0.717) is 0 Å². The first-order valence-corrected chi connectivity index (χ1v) is 7.38. The quantitative estimate of drug-likeness (QED) is 0.516. The highest BCUT2D eigenvalue weighted by Crippen LogP contribution is 2.44. The van der Waals surface area contributed by atoms with Crippen molar-refractivity contribution >= 4 is 13.5 Å². The first kappa shape index (κ1) is 15.0. The van der Waals surface area contributed by atoms with Crippen molar-refractivity contribution in [2.45, 2.75) is 6.92 Å². The second-order valence-corrected chi connectivity index (χ2v) is 5.52. The minimum absolute atomic E-state index is 0.00135. The molecule has 21 heavy (non-hydrogen) atoms. The number of nitro benzene ring substituents is 1. The standard InChI is InChI=1S/C13H12NO6P/c1-10-2-6-12(7-3-10)19-21(17,18)20-13-8-4-11(5-9-13)14(15)16/h2-9H,1H3,(H,17,18). The van der Waals surface area contributed by atoms with E-state index in [1.165, 1.54) is 36.4 Å². The summed E-state index contributed by atoms with van der Waals surface area (Å²) in [6, 6.07) is 11.3. The van der Waals surface area contributed by atoms with E-state index in [-0.39, 0.29) is 17.2 Å². The smallest absolute Gasteiger partial charge is 0.395 e. The molecule has 0 aliphatic rings. The Hall–Kier alpha value is -2.37. The van der Waals surface area contributed by atoms with E-state index in [9.17, 15) is 19.6 Å². The van der Waals surface area contributed by atoms with Gasteiger partial charge in [0.2, 0.25) is 0 Å². The molecule has 0 amide bonds. The Balaban J connectivity index is 2.08. The predicted octanol–water partition coefficient (Wildman–Crippen LogP) is 3.46. The summed E-state index contributed by atoms with van der Waals surface area (Å²) < 4.78 is 21.6. The van der Waals surface area contributed by atoms with E-state index in [0.717, 1.165) is 5.56 Å². The number of hydrogen-bond acceptors (Lipinski definition) is 5. The van der Waals surface area contributed by atoms with Crippen molar-refractivity contribution in [3.8, 4) is 11.5 Å². The lowest BCUT2D eigenvalue weighted by Crippen LogP contribution is -2.00. The Morgan fingerprint density at radius 1 is 1.00 bits per heavy atom. The maximum atomic E-state index is 11.8. The van der Waals surface area contributed by atoms with Crippen molar-refractivity contribution in [1.82, 2.24) is 0 Å². The summed E-state index contributed by atoms with van der Waals surface area (Å²) in [4.78, 5) is 19.6. The molecular formula is C13H12NO6P. The molecule has 2 rings (SSSR count). The second-order valence-electron chi connectivity index (χ2n) is 4.22. The third kappa shape index (κ3) is 4.30. The molecule has 2 aromatic carbocycles. The van der Waals surface area contributed by atoms with Gasteiger partial charge < -0.3 is 9.05 Å². The Kier molecular flexibility index (Phi) is 4.26. The molecule has 0 saturated heterocycles. The van der Waals surface area contributed by atoms with E-state index in [1.807, 2.05) is 6.92 Å². The Morgan fingerprint density at radius 2 is 1.43 bits per heavy atom. The Morgan fingerprint density at radius 3 is 1.86 bits per heavy atom. The fourth-order valence-electron chi connectivity index (χ4n) is 1.51. The highest BCUT2D eigenvalue weighted by Gasteiger charge is 2.25. The van der Waals surface area contributed by atoms with Gasteiger partial charge >= 0.3 is 7.82 Å². The van der Waals surface area contributed by atoms with Crippen LogP contribution in [0.5, 0.6) is 11.5 Å². The van der Waals surface area contributed by atoms with Gasteiger partial charge in [-0.1, -0.05) is 17.7 Å². The number of rotatable bonds is 5. The lowest BCUT2D eigenvalue weighted by atomic mass is 10.2. The topological polar surface area (TPSA) is 98.9 Å². The summed E-state index contributed by atoms with van der Waals surface area (Å²) in [5.74, 6) is 0.187. The molecule has 0 saturated carbocycles. The van der Waals surface area contributed by atoms with Crippen LogP contribution in [-0.2, 0) is 4.57 Å². The van der Waals surface area contributed by atoms with Crippen molar-refractivity contribution in [2.24, 2.45) is 0 Å². The first-order chi connectivity index (χ1) is 9.85. The number of nitro groups is 1. The van der Waals surface area contributed by atoms with Crippen LogP contribution in [-0.4, -0.2) is 9.82 Å². The zero-order valence-corrected chi connectivity index (χ0v) is 11.9. The van der Waals surface area contributed by atoms with E-state index in [1.54, 1.807) is 12.1 Å². The van der Waals surface area contributed by atoms with Crippen LogP contribution < -0.4 is 9.05 Å². The molecule has 0 aliphatic carbocycles. The minimum Gasteiger partial charge on any atom is -0.395 e. The highest BCUT2D eigenvalue weighted by molar-refractivity contribution is 7.48. The van der Waals surface area contributed by atoms with Crippen LogP contribution >= 0.6 is 7.82 Å². The average Bonchev–Trinajstić information content (AvgIpc) is 2.41. The molecule has 7 nitrogen and oxygen atoms in total. The van der Waals surface area contributed by atoms with Crippen molar-refractivity contribution in [3.63, 3.8) is 0 Å². The summed E-state index contributed by atoms with van der Waals surface area (Å²) in [5.41, 5.74) is 0.834. The molecule has 2 aromatic rings. The van der Waals surface area contributed by atoms with Gasteiger partial charge in [0.05, 0.1) is 4.92 Å². The van der Waals surface area contributed by atoms with E-state index in [4.69, 9.17) is 9.05 Å². The van der Waals surface area contributed by atoms with Crippen LogP contribution in [0.25, 0.3) is 0 Å². The number of phosphoric ester groups is 1. The van der Waals surface area contributed by atoms with Crippen LogP contribution in [0.4, 0.5) is 5.69 Å². The van der Waals surface area contributed by atoms with Crippen LogP contribution in [0.15, 0.2) is 48.5 Å². The van der Waals surface area contributed by atoms with E-state index >= 15 is 0 Å². The van der Waals surface area contributed by atoms with Gasteiger partial charge in [-0.2, -0.15) is 0 Å². The highest BCUT2D eigenvalue weighted by atomic mass is 31.2. The molecule has 0 radical (unpaired) electrons. The van der Waals surface area contributed by atoms with Gasteiger partial charge in [-0.3, -0.25) is 15.0 Å². The monoisotopic (exact) mass is 309 g/mol. The number of benzene rings is 2. The zero-order chi connectivity index (χ0) is 15.5. The molecule has 8 heteroatoms. The van der Waals surface area contributed by atoms with E-state index in [2.05, 4.69) is 0 Å². The lowest BCUT2D eigenvalue weighted by molar-refractivity contribution is -0.384. The Labute approximate surface area is 120 Å². The first-order valence-electron chi connectivity index (χ1n) is 5.89. The molecule has 0 spiro atoms. The number of non-ortho nitro benzene ring substituents is 1. The van der Waals surface area contributed by atoms with Gasteiger partial charge in [-0.25, -0.2) is 4.57 Å². The van der Waals surface area contributed by atoms with Crippen molar-refractivity contribution in [3.05, 3.63) is 64.2 Å². The summed E-state index contributed by atoms with van der Waals surface area (Å²) in [7, 11) is -4.36. The molecule has 1 atom stereocenters. The van der Waals surface area contributed by atoms with Crippen LogP contribution in [0.3, 0.4) is 0 Å². The summed E-state index contributed by atoms with van der Waals surface area (Å²) in [6.45, 7) is 1.87. The van der Waals surface area contributed by atoms with Gasteiger partial charge in [0.1, 0.15) is 11.5 Å². The zero-order valence-electron chi connectivity index (χ0n) is 11.0. The molecule has 110 valence electrons. The number of aryl methyl sites for hydroxylation is 1. The largest absolute Gasteiger partial charge is 0.584 e. The molecule has 0 bridgehead atoms. The second kappa shape index (κ2) is 5.95. The molecule has 0 heterocycles. The van der Waals surface area contributed by atoms with Gasteiger partial charge in [0, 0.05) is 12.1 Å². The maximum Gasteiger partial charge on any atom is 0.584 e. The Bertz CT molecular complexity index is 683. The van der Waals surface area contributed by atoms with Crippen LogP contribution in [0.2, 0.25) is 0 Å². The van der Waals surface area contributed by atoms with Gasteiger partial charge in [-0.05, 0) is 31.2 Å². The average molecular weight is 309 g/mol. The van der Waals surface area contributed by atoms with Gasteiger partial charge in [0.25, 0.3) is 5.69 Å². The van der Waals surface area contributed by atoms with Crippen LogP contribution in [0.1, 0.15) is 5.56 Å². The van der Waals surface area contributed by atoms with Crippen LogP contribution in [0, 0.1) is 17.0 Å². The fourth-order valence-corrected chi connectivity index (χ4v) is 2.33. The number of phosphoric acid groups is 1. The SMILES string of the molecule is Cc1ccc(OP(=O)(O)Oc2ccc([N+](=O)[O-])cc2)cc1. The van der Waals surface area contributed by atoms with Crippen molar-refractivity contribution in [1.29, 1.82) is 0 Å². The molecule has 0 fully saturated rings. The molecule has 1 N–H and O–H groups in total. The fraction of sp³-hybridized carbons (Fsp3) is 0.0769. The van der Waals surface area contributed by atoms with E-state index < -0.39 is 12.7 Å². The minimum atomic E-state index is -4.36.